The van der Waals surface area contributed by atoms with Crippen LogP contribution in [0.5, 0.6) is 0 Å². The Morgan fingerprint density at radius 1 is 1.24 bits per heavy atom. The molecule has 0 spiro atoms. The standard InChI is InChI=1S/C19H18ClF3N6O3S/c20-12-7-9(1-4-13(12)21)29(30)18(24)11-8-14(22)15(23)17-16(11)27-19(28-17)25-5-6-26-33(31,32)10-2-3-10/h1,4,7-8,10,24,26,30H,2-3,5-6H2,(H2,25,27,28). The summed E-state index contributed by atoms with van der Waals surface area (Å²) >= 11 is 5.70. The number of hydrogen-bond acceptors (Lipinski definition) is 6. The smallest absolute Gasteiger partial charge is 0.214 e. The molecule has 4 rings (SSSR count). The highest BCUT2D eigenvalue weighted by molar-refractivity contribution is 7.90. The molecule has 0 unspecified atom stereocenters. The quantitative estimate of drug-likeness (QED) is 0.139. The molecular formula is C19H18ClF3N6O3S. The Morgan fingerprint density at radius 3 is 2.64 bits per heavy atom. The van der Waals surface area contributed by atoms with Gasteiger partial charge in [0.2, 0.25) is 16.0 Å². The summed E-state index contributed by atoms with van der Waals surface area (Å²) in [6, 6.07) is 3.89. The maximum absolute atomic E-state index is 14.3. The zero-order valence-corrected chi connectivity index (χ0v) is 18.4. The molecule has 0 bridgehead atoms. The van der Waals surface area contributed by atoms with E-state index in [1.54, 1.807) is 0 Å². The molecule has 1 saturated carbocycles. The number of anilines is 2. The molecule has 3 aromatic rings. The van der Waals surface area contributed by atoms with Gasteiger partial charge in [0.1, 0.15) is 11.3 Å². The van der Waals surface area contributed by atoms with E-state index in [1.165, 1.54) is 0 Å². The van der Waals surface area contributed by atoms with Gasteiger partial charge in [-0.15, -0.1) is 0 Å². The van der Waals surface area contributed by atoms with Crippen LogP contribution in [0.3, 0.4) is 0 Å². The Hall–Kier alpha value is -2.87. The van der Waals surface area contributed by atoms with Crippen molar-refractivity contribution in [2.24, 2.45) is 0 Å². The van der Waals surface area contributed by atoms with Gasteiger partial charge in [0.05, 0.1) is 21.5 Å². The normalized spacial score (nSPS) is 14.0. The van der Waals surface area contributed by atoms with Crippen molar-refractivity contribution in [3.05, 3.63) is 52.3 Å². The number of halogens is 4. The number of fused-ring (bicyclic) bond motifs is 1. The van der Waals surface area contributed by atoms with Gasteiger partial charge in [-0.25, -0.2) is 36.4 Å². The average molecular weight is 503 g/mol. The fourth-order valence-corrected chi connectivity index (χ4v) is 4.66. The summed E-state index contributed by atoms with van der Waals surface area (Å²) in [5.41, 5.74) is -0.833. The number of sulfonamides is 1. The topological polar surface area (TPSA) is 134 Å². The second-order valence-electron chi connectivity index (χ2n) is 7.35. The molecule has 9 nitrogen and oxygen atoms in total. The lowest BCUT2D eigenvalue weighted by Gasteiger charge is -2.18. The summed E-state index contributed by atoms with van der Waals surface area (Å²) in [4.78, 5) is 6.63. The molecule has 14 heteroatoms. The molecule has 0 amide bonds. The minimum atomic E-state index is -3.36. The van der Waals surface area contributed by atoms with Crippen LogP contribution in [0.25, 0.3) is 11.0 Å². The van der Waals surface area contributed by atoms with E-state index in [-0.39, 0.29) is 46.1 Å². The number of benzene rings is 2. The predicted molar refractivity (Wildman–Crippen MR) is 117 cm³/mol. The molecule has 0 radical (unpaired) electrons. The van der Waals surface area contributed by atoms with Gasteiger partial charge in [-0.1, -0.05) is 11.6 Å². The minimum absolute atomic E-state index is 0.00323. The zero-order chi connectivity index (χ0) is 23.9. The van der Waals surface area contributed by atoms with Crippen LogP contribution in [0.15, 0.2) is 24.3 Å². The molecule has 0 aliphatic heterocycles. The first kappa shape index (κ1) is 23.3. The second-order valence-corrected chi connectivity index (χ2v) is 9.81. The van der Waals surface area contributed by atoms with Crippen LogP contribution < -0.4 is 15.1 Å². The molecule has 176 valence electrons. The van der Waals surface area contributed by atoms with E-state index in [1.807, 2.05) is 0 Å². The first-order valence-electron chi connectivity index (χ1n) is 9.71. The Labute approximate surface area is 191 Å². The van der Waals surface area contributed by atoms with Crippen LogP contribution in [0.2, 0.25) is 5.02 Å². The van der Waals surface area contributed by atoms with Crippen molar-refractivity contribution >= 4 is 50.1 Å². The molecule has 1 aliphatic carbocycles. The number of aromatic nitrogens is 2. The number of hydrogen-bond donors (Lipinski definition) is 5. The average Bonchev–Trinajstić information content (AvgIpc) is 3.56. The third-order valence-electron chi connectivity index (χ3n) is 4.96. The second kappa shape index (κ2) is 8.82. The number of nitrogens with zero attached hydrogens (tertiary/aromatic N) is 2. The predicted octanol–water partition coefficient (Wildman–Crippen LogP) is 3.35. The third kappa shape index (κ3) is 4.76. The largest absolute Gasteiger partial charge is 0.354 e. The van der Waals surface area contributed by atoms with Gasteiger partial charge in [0.15, 0.2) is 17.5 Å². The molecular weight excluding hydrogens is 485 g/mol. The SMILES string of the molecule is N=C(c1cc(F)c(F)c2nc(NCCNS(=O)(=O)C3CC3)[nH]c12)N(O)c1ccc(F)c(Cl)c1. The summed E-state index contributed by atoms with van der Waals surface area (Å²) in [7, 11) is -3.36. The van der Waals surface area contributed by atoms with Crippen LogP contribution in [-0.2, 0) is 10.0 Å². The molecule has 1 fully saturated rings. The van der Waals surface area contributed by atoms with Gasteiger partial charge in [0.25, 0.3) is 0 Å². The highest BCUT2D eigenvalue weighted by Crippen LogP contribution is 2.29. The summed E-state index contributed by atoms with van der Waals surface area (Å²) in [6.45, 7) is 0.147. The van der Waals surface area contributed by atoms with E-state index in [2.05, 4.69) is 20.0 Å². The summed E-state index contributed by atoms with van der Waals surface area (Å²) in [5, 5.41) is 21.0. The van der Waals surface area contributed by atoms with Crippen molar-refractivity contribution in [1.82, 2.24) is 14.7 Å². The monoisotopic (exact) mass is 502 g/mol. The molecule has 1 aliphatic rings. The van der Waals surface area contributed by atoms with Crippen molar-refractivity contribution in [3.8, 4) is 0 Å². The minimum Gasteiger partial charge on any atom is -0.354 e. The van der Waals surface area contributed by atoms with Crippen LogP contribution in [0.1, 0.15) is 18.4 Å². The van der Waals surface area contributed by atoms with Crippen LogP contribution in [-0.4, -0.2) is 47.8 Å². The van der Waals surface area contributed by atoms with Gasteiger partial charge >= 0.3 is 0 Å². The van der Waals surface area contributed by atoms with E-state index in [0.717, 1.165) is 18.2 Å². The lowest BCUT2D eigenvalue weighted by Crippen LogP contribution is -2.31. The van der Waals surface area contributed by atoms with E-state index < -0.39 is 38.8 Å². The highest BCUT2D eigenvalue weighted by atomic mass is 35.5. The molecule has 0 saturated heterocycles. The first-order chi connectivity index (χ1) is 15.6. The number of H-pyrrole nitrogens is 1. The third-order valence-corrected chi connectivity index (χ3v) is 7.21. The van der Waals surface area contributed by atoms with E-state index in [0.29, 0.717) is 24.0 Å². The highest BCUT2D eigenvalue weighted by Gasteiger charge is 2.35. The van der Waals surface area contributed by atoms with E-state index in [4.69, 9.17) is 17.0 Å². The number of rotatable bonds is 8. The van der Waals surface area contributed by atoms with Gasteiger partial charge in [-0.2, -0.15) is 0 Å². The van der Waals surface area contributed by atoms with Crippen LogP contribution in [0.4, 0.5) is 24.8 Å². The van der Waals surface area contributed by atoms with E-state index in [9.17, 15) is 26.8 Å². The van der Waals surface area contributed by atoms with Crippen molar-refractivity contribution in [2.45, 2.75) is 18.1 Å². The summed E-state index contributed by atoms with van der Waals surface area (Å²) in [5.74, 6) is -3.96. The van der Waals surface area contributed by atoms with Crippen LogP contribution in [0, 0.1) is 22.9 Å². The Balaban J connectivity index is 1.56. The molecule has 0 atom stereocenters. The number of amidine groups is 1. The van der Waals surface area contributed by atoms with Crippen molar-refractivity contribution < 1.29 is 26.8 Å². The maximum Gasteiger partial charge on any atom is 0.214 e. The number of hydroxylamine groups is 1. The fourth-order valence-electron chi connectivity index (χ4n) is 3.10. The molecule has 1 aromatic heterocycles. The van der Waals surface area contributed by atoms with Crippen molar-refractivity contribution in [2.75, 3.05) is 23.5 Å². The molecule has 33 heavy (non-hydrogen) atoms. The zero-order valence-electron chi connectivity index (χ0n) is 16.8. The fraction of sp³-hybridized carbons (Fsp3) is 0.263. The number of nitrogens with one attached hydrogen (secondary N) is 4. The summed E-state index contributed by atoms with van der Waals surface area (Å²) in [6.07, 6.45) is 1.25. The molecule has 5 N–H and O–H groups in total. The first-order valence-corrected chi connectivity index (χ1v) is 11.6. The van der Waals surface area contributed by atoms with Gasteiger partial charge in [-0.05, 0) is 37.1 Å². The lowest BCUT2D eigenvalue weighted by molar-refractivity contribution is 0.312. The Bertz CT molecular complexity index is 1350. The van der Waals surface area contributed by atoms with Gasteiger partial charge < -0.3 is 10.3 Å². The van der Waals surface area contributed by atoms with Gasteiger partial charge in [0, 0.05) is 18.7 Å². The van der Waals surface area contributed by atoms with Crippen LogP contribution >= 0.6 is 11.6 Å². The summed E-state index contributed by atoms with van der Waals surface area (Å²) < 4.78 is 68.0. The lowest BCUT2D eigenvalue weighted by atomic mass is 10.1. The molecule has 2 aromatic carbocycles. The van der Waals surface area contributed by atoms with Gasteiger partial charge in [-0.3, -0.25) is 10.6 Å². The Morgan fingerprint density at radius 2 is 1.97 bits per heavy atom. The van der Waals surface area contributed by atoms with E-state index >= 15 is 0 Å². The van der Waals surface area contributed by atoms with Crippen molar-refractivity contribution in [1.29, 1.82) is 5.41 Å². The maximum atomic E-state index is 14.3. The Kier molecular flexibility index (Phi) is 6.22. The number of aromatic amines is 1. The van der Waals surface area contributed by atoms with Crippen molar-refractivity contribution in [3.63, 3.8) is 0 Å². The number of imidazole rings is 1. The molecule has 1 heterocycles.